The summed E-state index contributed by atoms with van der Waals surface area (Å²) in [6, 6.07) is 14.0. The minimum Gasteiger partial charge on any atom is -0.478 e. The Morgan fingerprint density at radius 2 is 1.94 bits per heavy atom. The SMILES string of the molecule is COC1(C(=O)O)c2ccc(C3CC3)cc2CCN1Cc1ccc([C@H](C)NC(C)=O)cc1. The molecular weight excluding hydrogens is 392 g/mol. The van der Waals surface area contributed by atoms with Crippen molar-refractivity contribution in [3.05, 3.63) is 70.3 Å². The molecule has 0 radical (unpaired) electrons. The molecule has 0 saturated heterocycles. The lowest BCUT2D eigenvalue weighted by molar-refractivity contribution is -0.199. The van der Waals surface area contributed by atoms with Crippen LogP contribution in [0.5, 0.6) is 0 Å². The van der Waals surface area contributed by atoms with E-state index in [2.05, 4.69) is 17.4 Å². The summed E-state index contributed by atoms with van der Waals surface area (Å²) in [5, 5.41) is 13.1. The third-order valence-corrected chi connectivity index (χ3v) is 6.50. The molecule has 1 aliphatic carbocycles. The second-order valence-corrected chi connectivity index (χ2v) is 8.68. The minimum absolute atomic E-state index is 0.0697. The van der Waals surface area contributed by atoms with Gasteiger partial charge >= 0.3 is 5.97 Å². The molecule has 0 aromatic heterocycles. The third kappa shape index (κ3) is 4.10. The van der Waals surface area contributed by atoms with Gasteiger partial charge in [-0.2, -0.15) is 0 Å². The van der Waals surface area contributed by atoms with Gasteiger partial charge in [0, 0.05) is 32.7 Å². The van der Waals surface area contributed by atoms with Crippen LogP contribution in [0, 0.1) is 0 Å². The number of carbonyl (C=O) groups excluding carboxylic acids is 1. The van der Waals surface area contributed by atoms with E-state index in [9.17, 15) is 14.7 Å². The summed E-state index contributed by atoms with van der Waals surface area (Å²) in [6.07, 6.45) is 3.23. The molecule has 1 saturated carbocycles. The summed E-state index contributed by atoms with van der Waals surface area (Å²) in [5.74, 6) is -0.436. The zero-order valence-electron chi connectivity index (χ0n) is 18.4. The van der Waals surface area contributed by atoms with Crippen molar-refractivity contribution in [1.82, 2.24) is 10.2 Å². The van der Waals surface area contributed by atoms with Gasteiger partial charge in [-0.15, -0.1) is 0 Å². The fourth-order valence-corrected chi connectivity index (χ4v) is 4.69. The summed E-state index contributed by atoms with van der Waals surface area (Å²) < 4.78 is 5.75. The highest BCUT2D eigenvalue weighted by atomic mass is 16.5. The zero-order valence-corrected chi connectivity index (χ0v) is 18.4. The molecule has 1 unspecified atom stereocenters. The first kappa shape index (κ1) is 21.5. The number of benzene rings is 2. The highest BCUT2D eigenvalue weighted by Gasteiger charge is 2.50. The van der Waals surface area contributed by atoms with Gasteiger partial charge in [-0.25, -0.2) is 4.79 Å². The Balaban J connectivity index is 1.60. The second kappa shape index (κ2) is 8.44. The van der Waals surface area contributed by atoms with Crippen molar-refractivity contribution in [2.75, 3.05) is 13.7 Å². The molecule has 2 atom stereocenters. The molecule has 31 heavy (non-hydrogen) atoms. The van der Waals surface area contributed by atoms with E-state index in [-0.39, 0.29) is 11.9 Å². The number of methoxy groups -OCH3 is 1. The number of rotatable bonds is 7. The van der Waals surface area contributed by atoms with Crippen LogP contribution in [0.25, 0.3) is 0 Å². The molecule has 164 valence electrons. The van der Waals surface area contributed by atoms with Crippen molar-refractivity contribution in [1.29, 1.82) is 0 Å². The Morgan fingerprint density at radius 1 is 1.23 bits per heavy atom. The lowest BCUT2D eigenvalue weighted by Crippen LogP contribution is -2.56. The highest BCUT2D eigenvalue weighted by Crippen LogP contribution is 2.44. The Kier molecular flexibility index (Phi) is 5.86. The summed E-state index contributed by atoms with van der Waals surface area (Å²) in [7, 11) is 1.48. The fraction of sp³-hybridized carbons (Fsp3) is 0.440. The monoisotopic (exact) mass is 422 g/mol. The Morgan fingerprint density at radius 3 is 2.52 bits per heavy atom. The molecule has 1 amide bonds. The van der Waals surface area contributed by atoms with Crippen molar-refractivity contribution in [3.8, 4) is 0 Å². The van der Waals surface area contributed by atoms with E-state index in [0.717, 1.165) is 28.7 Å². The molecule has 6 heteroatoms. The number of ether oxygens (including phenoxy) is 1. The number of hydrogen-bond acceptors (Lipinski definition) is 4. The predicted molar refractivity (Wildman–Crippen MR) is 118 cm³/mol. The van der Waals surface area contributed by atoms with Crippen LogP contribution in [0.3, 0.4) is 0 Å². The van der Waals surface area contributed by atoms with Gasteiger partial charge in [-0.05, 0) is 54.4 Å². The van der Waals surface area contributed by atoms with E-state index in [1.54, 1.807) is 0 Å². The van der Waals surface area contributed by atoms with Crippen molar-refractivity contribution in [2.45, 2.75) is 57.3 Å². The van der Waals surface area contributed by atoms with E-state index in [1.807, 2.05) is 42.2 Å². The van der Waals surface area contributed by atoms with Crippen molar-refractivity contribution in [2.24, 2.45) is 0 Å². The first-order valence-electron chi connectivity index (χ1n) is 10.9. The van der Waals surface area contributed by atoms with Gasteiger partial charge in [-0.3, -0.25) is 9.69 Å². The first-order chi connectivity index (χ1) is 14.8. The number of carboxylic acid groups (broad SMARTS) is 1. The summed E-state index contributed by atoms with van der Waals surface area (Å²) in [4.78, 5) is 25.7. The van der Waals surface area contributed by atoms with E-state index in [4.69, 9.17) is 4.74 Å². The Labute approximate surface area is 183 Å². The Hall–Kier alpha value is -2.70. The van der Waals surface area contributed by atoms with Gasteiger partial charge in [0.15, 0.2) is 0 Å². The number of hydrogen-bond donors (Lipinski definition) is 2. The van der Waals surface area contributed by atoms with Crippen LogP contribution >= 0.6 is 0 Å². The Bertz CT molecular complexity index is 984. The zero-order chi connectivity index (χ0) is 22.2. The van der Waals surface area contributed by atoms with Crippen LogP contribution in [-0.2, 0) is 33.0 Å². The van der Waals surface area contributed by atoms with E-state index in [0.29, 0.717) is 19.0 Å². The van der Waals surface area contributed by atoms with Crippen molar-refractivity contribution in [3.63, 3.8) is 0 Å². The number of carboxylic acids is 1. The molecule has 2 aromatic rings. The van der Waals surface area contributed by atoms with Gasteiger partial charge in [0.2, 0.25) is 11.6 Å². The minimum atomic E-state index is -1.50. The molecular formula is C25H30N2O4. The van der Waals surface area contributed by atoms with Gasteiger partial charge in [-0.1, -0.05) is 42.5 Å². The molecule has 1 aliphatic heterocycles. The molecule has 2 aromatic carbocycles. The molecule has 6 nitrogen and oxygen atoms in total. The summed E-state index contributed by atoms with van der Waals surface area (Å²) >= 11 is 0. The fourth-order valence-electron chi connectivity index (χ4n) is 4.69. The average Bonchev–Trinajstić information content (AvgIpc) is 3.58. The molecule has 0 spiro atoms. The number of aliphatic carboxylic acids is 1. The van der Waals surface area contributed by atoms with E-state index < -0.39 is 11.7 Å². The molecule has 2 aliphatic rings. The van der Waals surface area contributed by atoms with Crippen molar-refractivity contribution >= 4 is 11.9 Å². The number of nitrogens with one attached hydrogen (secondary N) is 1. The van der Waals surface area contributed by atoms with E-state index in [1.165, 1.54) is 32.4 Å². The van der Waals surface area contributed by atoms with Crippen LogP contribution in [0.4, 0.5) is 0 Å². The van der Waals surface area contributed by atoms with Gasteiger partial charge in [0.05, 0.1) is 6.04 Å². The quantitative estimate of drug-likeness (QED) is 0.711. The summed E-state index contributed by atoms with van der Waals surface area (Å²) in [5.41, 5.74) is 3.62. The molecule has 1 fully saturated rings. The van der Waals surface area contributed by atoms with Gasteiger partial charge in [0.25, 0.3) is 0 Å². The maximum atomic E-state index is 12.5. The summed E-state index contributed by atoms with van der Waals surface area (Å²) in [6.45, 7) is 4.50. The third-order valence-electron chi connectivity index (χ3n) is 6.50. The molecule has 4 rings (SSSR count). The largest absolute Gasteiger partial charge is 0.478 e. The van der Waals surface area contributed by atoms with Crippen LogP contribution in [-0.4, -0.2) is 35.5 Å². The maximum absolute atomic E-state index is 12.5. The number of carbonyl (C=O) groups is 2. The predicted octanol–water partition coefficient (Wildman–Crippen LogP) is 3.70. The van der Waals surface area contributed by atoms with Gasteiger partial charge in [0.1, 0.15) is 0 Å². The topological polar surface area (TPSA) is 78.9 Å². The normalized spacial score (nSPS) is 21.9. The van der Waals surface area contributed by atoms with Crippen LogP contribution in [0.1, 0.15) is 66.5 Å². The lowest BCUT2D eigenvalue weighted by atomic mass is 9.87. The maximum Gasteiger partial charge on any atom is 0.356 e. The van der Waals surface area contributed by atoms with E-state index >= 15 is 0 Å². The highest BCUT2D eigenvalue weighted by molar-refractivity contribution is 5.80. The molecule has 1 heterocycles. The first-order valence-corrected chi connectivity index (χ1v) is 10.9. The van der Waals surface area contributed by atoms with Gasteiger partial charge < -0.3 is 15.2 Å². The van der Waals surface area contributed by atoms with Crippen LogP contribution in [0.15, 0.2) is 42.5 Å². The average molecular weight is 423 g/mol. The number of nitrogens with zero attached hydrogens (tertiary/aromatic N) is 1. The second-order valence-electron chi connectivity index (χ2n) is 8.68. The standard InChI is InChI=1S/C25H30N2O4/c1-16(26-17(2)28)19-6-4-18(5-7-19)15-27-13-12-22-14-21(20-8-9-20)10-11-23(22)25(27,31-3)24(29)30/h4-7,10-11,14,16,20H,8-9,12-13,15H2,1-3H3,(H,26,28)(H,29,30)/t16-,25?/m0/s1. The van der Waals surface area contributed by atoms with Crippen molar-refractivity contribution < 1.29 is 19.4 Å². The number of amides is 1. The molecule has 0 bridgehead atoms. The molecule has 2 N–H and O–H groups in total. The van der Waals surface area contributed by atoms with Crippen LogP contribution < -0.4 is 5.32 Å². The van der Waals surface area contributed by atoms with Crippen LogP contribution in [0.2, 0.25) is 0 Å². The number of fused-ring (bicyclic) bond motifs is 1. The lowest BCUT2D eigenvalue weighted by Gasteiger charge is -2.44. The smallest absolute Gasteiger partial charge is 0.356 e.